The Labute approximate surface area is 141 Å². The fourth-order valence-corrected chi connectivity index (χ4v) is 4.72. The lowest BCUT2D eigenvalue weighted by Gasteiger charge is -2.45. The van der Waals surface area contributed by atoms with Crippen molar-refractivity contribution in [2.24, 2.45) is 5.92 Å². The van der Waals surface area contributed by atoms with Crippen LogP contribution in [0.2, 0.25) is 0 Å². The molecule has 2 aliphatic carbocycles. The number of ether oxygens (including phenoxy) is 1. The highest BCUT2D eigenvalue weighted by molar-refractivity contribution is 6.04. The first kappa shape index (κ1) is 15.4. The van der Waals surface area contributed by atoms with Crippen LogP contribution in [0.1, 0.15) is 67.4 Å². The molecule has 1 aromatic carbocycles. The minimum absolute atomic E-state index is 0.0686. The van der Waals surface area contributed by atoms with Gasteiger partial charge in [0.05, 0.1) is 5.56 Å². The summed E-state index contributed by atoms with van der Waals surface area (Å²) in [6, 6.07) is 3.91. The van der Waals surface area contributed by atoms with Gasteiger partial charge in [-0.25, -0.2) is 4.79 Å². The van der Waals surface area contributed by atoms with E-state index in [0.29, 0.717) is 12.2 Å². The average Bonchev–Trinajstić information content (AvgIpc) is 2.90. The smallest absolute Gasteiger partial charge is 0.334 e. The zero-order valence-electron chi connectivity index (χ0n) is 14.3. The molecule has 24 heavy (non-hydrogen) atoms. The second-order valence-corrected chi connectivity index (χ2v) is 7.77. The van der Waals surface area contributed by atoms with E-state index in [0.717, 1.165) is 35.1 Å². The number of aromatic hydroxyl groups is 1. The van der Waals surface area contributed by atoms with Gasteiger partial charge in [0.25, 0.3) is 0 Å². The normalized spacial score (nSPS) is 28.6. The van der Waals surface area contributed by atoms with Gasteiger partial charge in [0.15, 0.2) is 5.78 Å². The van der Waals surface area contributed by atoms with Gasteiger partial charge < -0.3 is 9.84 Å². The summed E-state index contributed by atoms with van der Waals surface area (Å²) in [5.74, 6) is -0.193. The summed E-state index contributed by atoms with van der Waals surface area (Å²) in [5, 5.41) is 10.7. The van der Waals surface area contributed by atoms with E-state index in [4.69, 9.17) is 4.74 Å². The number of cyclic esters (lactones) is 1. The van der Waals surface area contributed by atoms with Crippen LogP contribution in [0.4, 0.5) is 0 Å². The maximum atomic E-state index is 12.8. The largest absolute Gasteiger partial charge is 0.507 e. The molecule has 0 bridgehead atoms. The third kappa shape index (κ3) is 1.86. The van der Waals surface area contributed by atoms with Crippen molar-refractivity contribution in [3.8, 4) is 5.75 Å². The summed E-state index contributed by atoms with van der Waals surface area (Å²) in [5.41, 5.74) is 3.63. The first-order valence-corrected chi connectivity index (χ1v) is 8.63. The number of phenols is 1. The van der Waals surface area contributed by atoms with Crippen molar-refractivity contribution in [3.05, 3.63) is 40.0 Å². The molecule has 4 nitrogen and oxygen atoms in total. The molecule has 4 heteroatoms. The van der Waals surface area contributed by atoms with Gasteiger partial charge in [0.1, 0.15) is 12.4 Å². The number of phenolic OH excluding ortho intramolecular Hbond substituents is 1. The van der Waals surface area contributed by atoms with Crippen LogP contribution in [-0.2, 0) is 14.9 Å². The quantitative estimate of drug-likeness (QED) is 0.801. The molecule has 126 valence electrons. The predicted molar refractivity (Wildman–Crippen MR) is 89.2 cm³/mol. The second-order valence-electron chi connectivity index (χ2n) is 7.77. The zero-order valence-corrected chi connectivity index (χ0v) is 14.3. The van der Waals surface area contributed by atoms with Gasteiger partial charge in [-0.05, 0) is 35.5 Å². The molecule has 3 aliphatic rings. The van der Waals surface area contributed by atoms with Crippen molar-refractivity contribution in [2.75, 3.05) is 6.61 Å². The van der Waals surface area contributed by atoms with Gasteiger partial charge in [-0.1, -0.05) is 32.9 Å². The Morgan fingerprint density at radius 1 is 1.29 bits per heavy atom. The molecule has 0 unspecified atom stereocenters. The molecule has 1 N–H and O–H groups in total. The minimum Gasteiger partial charge on any atom is -0.507 e. The van der Waals surface area contributed by atoms with E-state index in [9.17, 15) is 14.7 Å². The lowest BCUT2D eigenvalue weighted by Crippen LogP contribution is -2.43. The van der Waals surface area contributed by atoms with Crippen LogP contribution < -0.4 is 0 Å². The Morgan fingerprint density at radius 3 is 2.75 bits per heavy atom. The van der Waals surface area contributed by atoms with Gasteiger partial charge in [-0.2, -0.15) is 0 Å². The molecule has 0 spiro atoms. The number of esters is 1. The molecule has 2 atom stereocenters. The van der Waals surface area contributed by atoms with Crippen molar-refractivity contribution < 1.29 is 19.4 Å². The number of rotatable bonds is 1. The predicted octanol–water partition coefficient (Wildman–Crippen LogP) is 3.62. The van der Waals surface area contributed by atoms with Gasteiger partial charge in [-0.3, -0.25) is 4.79 Å². The molecule has 4 rings (SSSR count). The molecule has 0 saturated carbocycles. The topological polar surface area (TPSA) is 63.6 Å². The van der Waals surface area contributed by atoms with Crippen LogP contribution in [0, 0.1) is 5.92 Å². The van der Waals surface area contributed by atoms with E-state index in [1.807, 2.05) is 26.0 Å². The third-order valence-corrected chi connectivity index (χ3v) is 6.16. The Balaban J connectivity index is 1.91. The first-order valence-electron chi connectivity index (χ1n) is 8.63. The van der Waals surface area contributed by atoms with Crippen LogP contribution in [0.3, 0.4) is 0 Å². The van der Waals surface area contributed by atoms with Gasteiger partial charge in [-0.15, -0.1) is 0 Å². The van der Waals surface area contributed by atoms with Gasteiger partial charge >= 0.3 is 5.97 Å². The molecule has 0 aromatic heterocycles. The van der Waals surface area contributed by atoms with E-state index in [1.165, 1.54) is 0 Å². The molecule has 0 amide bonds. The zero-order chi connectivity index (χ0) is 17.2. The van der Waals surface area contributed by atoms with Crippen molar-refractivity contribution >= 4 is 11.8 Å². The van der Waals surface area contributed by atoms with Crippen molar-refractivity contribution in [3.63, 3.8) is 0 Å². The lowest BCUT2D eigenvalue weighted by molar-refractivity contribution is -0.136. The number of benzene rings is 1. The summed E-state index contributed by atoms with van der Waals surface area (Å²) in [7, 11) is 0. The maximum Gasteiger partial charge on any atom is 0.334 e. The summed E-state index contributed by atoms with van der Waals surface area (Å²) < 4.78 is 5.22. The highest BCUT2D eigenvalue weighted by Crippen LogP contribution is 2.55. The Bertz CT molecular complexity index is 802. The molecule has 1 aliphatic heterocycles. The van der Waals surface area contributed by atoms with Crippen LogP contribution in [-0.4, -0.2) is 23.5 Å². The monoisotopic (exact) mass is 326 g/mol. The standard InChI is InChI=1S/C20H22O4/c1-10(2)12-4-5-13-17(18(12)22)15(21)8-14-16-11(9-24-19(16)23)6-7-20(13,14)3/h4-5,10,14,22H,6-9H2,1-3H3/t14-,20+/m0/s1. The summed E-state index contributed by atoms with van der Waals surface area (Å²) >= 11 is 0. The molecule has 0 fully saturated rings. The molecular formula is C20H22O4. The number of carbonyl (C=O) groups is 2. The number of carbonyl (C=O) groups excluding carboxylic acids is 2. The minimum atomic E-state index is -0.307. The molecular weight excluding hydrogens is 304 g/mol. The first-order chi connectivity index (χ1) is 11.3. The fraction of sp³-hybridized carbons (Fsp3) is 0.500. The Morgan fingerprint density at radius 2 is 2.04 bits per heavy atom. The lowest BCUT2D eigenvalue weighted by atomic mass is 9.56. The number of hydrogen-bond donors (Lipinski definition) is 1. The van der Waals surface area contributed by atoms with Gasteiger partial charge in [0.2, 0.25) is 0 Å². The SMILES string of the molecule is CC(C)c1ccc2c(c1O)C(=O)C[C@H]1C3=C(CC[C@]21C)COC3=O. The Kier molecular flexibility index (Phi) is 3.18. The van der Waals surface area contributed by atoms with E-state index >= 15 is 0 Å². The highest BCUT2D eigenvalue weighted by Gasteiger charge is 2.52. The summed E-state index contributed by atoms with van der Waals surface area (Å²) in [6.07, 6.45) is 1.95. The van der Waals surface area contributed by atoms with E-state index in [-0.39, 0.29) is 41.2 Å². The number of ketones is 1. The van der Waals surface area contributed by atoms with Crippen LogP contribution in [0.15, 0.2) is 23.3 Å². The average molecular weight is 326 g/mol. The van der Waals surface area contributed by atoms with Crippen LogP contribution in [0.5, 0.6) is 5.75 Å². The summed E-state index contributed by atoms with van der Waals surface area (Å²) in [4.78, 5) is 25.0. The molecule has 0 radical (unpaired) electrons. The van der Waals surface area contributed by atoms with Crippen molar-refractivity contribution in [2.45, 2.75) is 51.4 Å². The molecule has 1 aromatic rings. The van der Waals surface area contributed by atoms with Crippen molar-refractivity contribution in [1.29, 1.82) is 0 Å². The summed E-state index contributed by atoms with van der Waals surface area (Å²) in [6.45, 7) is 6.50. The van der Waals surface area contributed by atoms with Crippen LogP contribution >= 0.6 is 0 Å². The fourth-order valence-electron chi connectivity index (χ4n) is 4.72. The van der Waals surface area contributed by atoms with Crippen molar-refractivity contribution in [1.82, 2.24) is 0 Å². The van der Waals surface area contributed by atoms with Crippen LogP contribution in [0.25, 0.3) is 0 Å². The number of hydrogen-bond acceptors (Lipinski definition) is 4. The number of Topliss-reactive ketones (excluding diaryl/α,β-unsaturated/α-hetero) is 1. The maximum absolute atomic E-state index is 12.8. The van der Waals surface area contributed by atoms with E-state index in [1.54, 1.807) is 0 Å². The van der Waals surface area contributed by atoms with E-state index < -0.39 is 0 Å². The highest BCUT2D eigenvalue weighted by atomic mass is 16.5. The second kappa shape index (κ2) is 4.95. The van der Waals surface area contributed by atoms with E-state index in [2.05, 4.69) is 6.92 Å². The molecule has 0 saturated heterocycles. The third-order valence-electron chi connectivity index (χ3n) is 6.16. The number of fused-ring (bicyclic) bond motifs is 4. The molecule has 1 heterocycles. The Hall–Kier alpha value is -2.10. The van der Waals surface area contributed by atoms with Gasteiger partial charge in [0, 0.05) is 23.3 Å².